The summed E-state index contributed by atoms with van der Waals surface area (Å²) in [5.41, 5.74) is 0.388. The molecule has 0 aliphatic heterocycles. The number of aromatic nitrogens is 2. The fourth-order valence-electron chi connectivity index (χ4n) is 2.13. The highest BCUT2D eigenvalue weighted by Crippen LogP contribution is 2.23. The molecule has 0 spiro atoms. The van der Waals surface area contributed by atoms with Crippen molar-refractivity contribution in [3.63, 3.8) is 0 Å². The van der Waals surface area contributed by atoms with Crippen LogP contribution < -0.4 is 0 Å². The molecule has 1 unspecified atom stereocenters. The number of carboxylic acids is 1. The molecule has 1 N–H and O–H groups in total. The molecule has 2 heterocycles. The number of pyridine rings is 1. The van der Waals surface area contributed by atoms with Crippen molar-refractivity contribution in [1.29, 1.82) is 0 Å². The van der Waals surface area contributed by atoms with Gasteiger partial charge in [0.2, 0.25) is 0 Å². The van der Waals surface area contributed by atoms with E-state index in [2.05, 4.69) is 34.5 Å². The summed E-state index contributed by atoms with van der Waals surface area (Å²) in [5, 5.41) is 9.76. The number of fused-ring (bicyclic) bond motifs is 1. The van der Waals surface area contributed by atoms with E-state index in [1.54, 1.807) is 6.20 Å². The van der Waals surface area contributed by atoms with Gasteiger partial charge in [-0.05, 0) is 42.0 Å². The maximum absolute atomic E-state index is 12.3. The van der Waals surface area contributed by atoms with Crippen LogP contribution in [0.1, 0.15) is 43.6 Å². The van der Waals surface area contributed by atoms with Crippen molar-refractivity contribution < 1.29 is 19.4 Å². The average molecular weight is 416 g/mol. The number of carboxylic acid groups (broad SMARTS) is 1. The van der Waals surface area contributed by atoms with Crippen LogP contribution in [0.2, 0.25) is 0 Å². The van der Waals surface area contributed by atoms with Crippen LogP contribution in [0, 0.1) is 3.57 Å². The molecule has 0 aliphatic carbocycles. The molecule has 2 rings (SSSR count). The number of aromatic carboxylic acids is 1. The van der Waals surface area contributed by atoms with Crippen molar-refractivity contribution in [3.05, 3.63) is 27.7 Å². The number of rotatable bonds is 5. The molecule has 7 heteroatoms. The van der Waals surface area contributed by atoms with E-state index in [4.69, 9.17) is 9.84 Å². The minimum absolute atomic E-state index is 0.102. The van der Waals surface area contributed by atoms with Gasteiger partial charge in [0.05, 0.1) is 5.52 Å². The van der Waals surface area contributed by atoms with Crippen molar-refractivity contribution >= 4 is 45.6 Å². The van der Waals surface area contributed by atoms with E-state index in [-0.39, 0.29) is 11.8 Å². The summed E-state index contributed by atoms with van der Waals surface area (Å²) in [6.07, 6.45) is 5.26. The second kappa shape index (κ2) is 7.08. The first-order valence-electron chi connectivity index (χ1n) is 7.05. The minimum atomic E-state index is -1.13. The highest BCUT2D eigenvalue weighted by atomic mass is 127. The highest BCUT2D eigenvalue weighted by molar-refractivity contribution is 14.1. The SMILES string of the molecule is CCCCC(C)OC(=O)n1cc(I)c2cnc(C(=O)O)cc21. The first kappa shape index (κ1) is 16.7. The molecule has 0 amide bonds. The van der Waals surface area contributed by atoms with E-state index >= 15 is 0 Å². The number of ether oxygens (including phenoxy) is 1. The zero-order valence-corrected chi connectivity index (χ0v) is 14.5. The zero-order chi connectivity index (χ0) is 16.3. The predicted molar refractivity (Wildman–Crippen MR) is 90.3 cm³/mol. The fourth-order valence-corrected chi connectivity index (χ4v) is 2.82. The van der Waals surface area contributed by atoms with Crippen LogP contribution in [-0.2, 0) is 4.74 Å². The number of carbonyl (C=O) groups excluding carboxylic acids is 1. The topological polar surface area (TPSA) is 81.4 Å². The van der Waals surface area contributed by atoms with E-state index in [0.717, 1.165) is 28.2 Å². The predicted octanol–water partition coefficient (Wildman–Crippen LogP) is 3.90. The monoisotopic (exact) mass is 416 g/mol. The lowest BCUT2D eigenvalue weighted by Crippen LogP contribution is -2.19. The number of unbranched alkanes of at least 4 members (excludes halogenated alkanes) is 1. The zero-order valence-electron chi connectivity index (χ0n) is 12.4. The Labute approximate surface area is 141 Å². The molecule has 22 heavy (non-hydrogen) atoms. The van der Waals surface area contributed by atoms with Gasteiger partial charge < -0.3 is 9.84 Å². The molecule has 0 saturated carbocycles. The Morgan fingerprint density at radius 1 is 1.50 bits per heavy atom. The molecule has 0 aromatic carbocycles. The van der Waals surface area contributed by atoms with Crippen LogP contribution in [0.5, 0.6) is 0 Å². The molecule has 2 aromatic rings. The van der Waals surface area contributed by atoms with Crippen LogP contribution in [-0.4, -0.2) is 32.8 Å². The average Bonchev–Trinajstić information content (AvgIpc) is 2.82. The van der Waals surface area contributed by atoms with Gasteiger partial charge in [-0.25, -0.2) is 14.6 Å². The van der Waals surface area contributed by atoms with Crippen LogP contribution in [0.4, 0.5) is 4.79 Å². The fraction of sp³-hybridized carbons (Fsp3) is 0.400. The van der Waals surface area contributed by atoms with Gasteiger partial charge >= 0.3 is 12.1 Å². The molecule has 0 fully saturated rings. The first-order valence-corrected chi connectivity index (χ1v) is 8.12. The number of halogens is 1. The van der Waals surface area contributed by atoms with Crippen molar-refractivity contribution in [2.45, 2.75) is 39.2 Å². The van der Waals surface area contributed by atoms with Crippen LogP contribution in [0.25, 0.3) is 10.9 Å². The number of nitrogens with zero attached hydrogens (tertiary/aromatic N) is 2. The smallest absolute Gasteiger partial charge is 0.418 e. The lowest BCUT2D eigenvalue weighted by molar-refractivity contribution is 0.0690. The Morgan fingerprint density at radius 2 is 2.23 bits per heavy atom. The molecule has 0 bridgehead atoms. The minimum Gasteiger partial charge on any atom is -0.477 e. The number of carbonyl (C=O) groups is 2. The van der Waals surface area contributed by atoms with E-state index in [9.17, 15) is 9.59 Å². The van der Waals surface area contributed by atoms with E-state index in [1.165, 1.54) is 16.8 Å². The summed E-state index contributed by atoms with van der Waals surface area (Å²) < 4.78 is 7.57. The normalized spacial score (nSPS) is 12.3. The molecule has 0 saturated heterocycles. The maximum atomic E-state index is 12.3. The highest BCUT2D eigenvalue weighted by Gasteiger charge is 2.18. The Bertz CT molecular complexity index is 711. The van der Waals surface area contributed by atoms with Gasteiger partial charge in [-0.1, -0.05) is 19.8 Å². The van der Waals surface area contributed by atoms with Gasteiger partial charge in [0.25, 0.3) is 0 Å². The molecule has 2 aromatic heterocycles. The van der Waals surface area contributed by atoms with Crippen molar-refractivity contribution in [2.24, 2.45) is 0 Å². The maximum Gasteiger partial charge on any atom is 0.418 e. The van der Waals surface area contributed by atoms with Crippen molar-refractivity contribution in [2.75, 3.05) is 0 Å². The largest absolute Gasteiger partial charge is 0.477 e. The quantitative estimate of drug-likeness (QED) is 0.748. The second-order valence-corrected chi connectivity index (χ2v) is 6.24. The summed E-state index contributed by atoms with van der Waals surface area (Å²) in [6.45, 7) is 3.94. The lowest BCUT2D eigenvalue weighted by Gasteiger charge is -2.13. The summed E-state index contributed by atoms with van der Waals surface area (Å²) >= 11 is 2.08. The number of hydrogen-bond acceptors (Lipinski definition) is 4. The summed E-state index contributed by atoms with van der Waals surface area (Å²) in [4.78, 5) is 27.2. The van der Waals surface area contributed by atoms with Crippen LogP contribution >= 0.6 is 22.6 Å². The van der Waals surface area contributed by atoms with Gasteiger partial charge in [-0.15, -0.1) is 0 Å². The molecule has 0 aliphatic rings. The first-order chi connectivity index (χ1) is 10.4. The van der Waals surface area contributed by atoms with Gasteiger partial charge in [0, 0.05) is 21.4 Å². The molecular weight excluding hydrogens is 399 g/mol. The third kappa shape index (κ3) is 3.57. The Morgan fingerprint density at radius 3 is 2.86 bits per heavy atom. The standard InChI is InChI=1S/C15H17IN2O4/c1-3-4-5-9(2)22-15(21)18-8-11(16)10-7-17-12(14(19)20)6-13(10)18/h6-9H,3-5H2,1-2H3,(H,19,20). The summed E-state index contributed by atoms with van der Waals surface area (Å²) in [5.74, 6) is -1.13. The lowest BCUT2D eigenvalue weighted by atomic mass is 10.2. The molecule has 6 nitrogen and oxygen atoms in total. The third-order valence-corrected chi connectivity index (χ3v) is 4.18. The molecule has 118 valence electrons. The second-order valence-electron chi connectivity index (χ2n) is 5.08. The van der Waals surface area contributed by atoms with Crippen LogP contribution in [0.15, 0.2) is 18.5 Å². The number of hydrogen-bond donors (Lipinski definition) is 1. The summed E-state index contributed by atoms with van der Waals surface area (Å²) in [6, 6.07) is 1.39. The Balaban J connectivity index is 2.31. The van der Waals surface area contributed by atoms with E-state index < -0.39 is 12.1 Å². The van der Waals surface area contributed by atoms with Gasteiger partial charge in [0.15, 0.2) is 0 Å². The van der Waals surface area contributed by atoms with E-state index in [0.29, 0.717) is 5.52 Å². The third-order valence-electron chi connectivity index (χ3n) is 3.32. The van der Waals surface area contributed by atoms with Gasteiger partial charge in [-0.3, -0.25) is 4.57 Å². The molecule has 0 radical (unpaired) electrons. The summed E-state index contributed by atoms with van der Waals surface area (Å²) in [7, 11) is 0. The van der Waals surface area contributed by atoms with E-state index in [1.807, 2.05) is 6.92 Å². The van der Waals surface area contributed by atoms with Gasteiger partial charge in [-0.2, -0.15) is 0 Å². The van der Waals surface area contributed by atoms with Gasteiger partial charge in [0.1, 0.15) is 11.8 Å². The van der Waals surface area contributed by atoms with Crippen molar-refractivity contribution in [1.82, 2.24) is 9.55 Å². The van der Waals surface area contributed by atoms with Crippen molar-refractivity contribution in [3.8, 4) is 0 Å². The Kier molecular flexibility index (Phi) is 5.38. The molecule has 1 atom stereocenters. The van der Waals surface area contributed by atoms with Crippen LogP contribution in [0.3, 0.4) is 0 Å². The molecular formula is C15H17IN2O4. The Hall–Kier alpha value is -1.64.